The summed E-state index contributed by atoms with van der Waals surface area (Å²) in [7, 11) is 1.56. The molecule has 0 aliphatic carbocycles. The first-order valence-corrected chi connectivity index (χ1v) is 9.10. The van der Waals surface area contributed by atoms with E-state index >= 15 is 0 Å². The minimum absolute atomic E-state index is 0.0587. The number of nitrogens with one attached hydrogen (secondary N) is 2. The van der Waals surface area contributed by atoms with Gasteiger partial charge in [-0.25, -0.2) is 4.79 Å². The zero-order valence-corrected chi connectivity index (χ0v) is 16.2. The quantitative estimate of drug-likeness (QED) is 0.456. The van der Waals surface area contributed by atoms with Crippen molar-refractivity contribution >= 4 is 23.3 Å². The highest BCUT2D eigenvalue weighted by Crippen LogP contribution is 2.18. The van der Waals surface area contributed by atoms with E-state index in [1.165, 1.54) is 35.4 Å². The molecule has 2 aromatic carbocycles. The number of carbonyl (C=O) groups is 2. The van der Waals surface area contributed by atoms with Crippen LogP contribution >= 0.6 is 0 Å². The Kier molecular flexibility index (Phi) is 6.43. The van der Waals surface area contributed by atoms with Gasteiger partial charge in [-0.15, -0.1) is 0 Å². The highest BCUT2D eigenvalue weighted by Gasteiger charge is 2.17. The van der Waals surface area contributed by atoms with Crippen molar-refractivity contribution in [3.05, 3.63) is 93.9 Å². The van der Waals surface area contributed by atoms with Crippen molar-refractivity contribution in [3.63, 3.8) is 0 Å². The number of hydrogen-bond donors (Lipinski definition) is 2. The van der Waals surface area contributed by atoms with Crippen LogP contribution in [0.4, 0.5) is 16.2 Å². The number of nitrogens with zero attached hydrogens (tertiary/aromatic N) is 2. The predicted octanol–water partition coefficient (Wildman–Crippen LogP) is 3.78. The van der Waals surface area contributed by atoms with Crippen LogP contribution in [0.15, 0.2) is 71.3 Å². The third-order valence-electron chi connectivity index (χ3n) is 4.36. The molecule has 3 amide bonds. The topological polar surface area (TPSA) is 118 Å². The summed E-state index contributed by atoms with van der Waals surface area (Å²) in [5.74, 6) is 0.417. The van der Waals surface area contributed by atoms with E-state index in [0.717, 1.165) is 5.56 Å². The molecule has 0 fully saturated rings. The number of non-ortho nitro benzene ring substituents is 1. The summed E-state index contributed by atoms with van der Waals surface area (Å²) in [5, 5.41) is 16.1. The van der Waals surface area contributed by atoms with Crippen LogP contribution in [0.1, 0.15) is 21.7 Å². The van der Waals surface area contributed by atoms with Gasteiger partial charge in [0.2, 0.25) is 0 Å². The summed E-state index contributed by atoms with van der Waals surface area (Å²) in [5.41, 5.74) is 1.73. The van der Waals surface area contributed by atoms with Gasteiger partial charge < -0.3 is 20.0 Å². The number of carbonyl (C=O) groups excluding carboxylic acids is 2. The van der Waals surface area contributed by atoms with Gasteiger partial charge in [0, 0.05) is 37.0 Å². The number of amides is 3. The summed E-state index contributed by atoms with van der Waals surface area (Å²) < 4.78 is 5.36. The average molecular weight is 408 g/mol. The Morgan fingerprint density at radius 2 is 1.73 bits per heavy atom. The van der Waals surface area contributed by atoms with Crippen molar-refractivity contribution in [2.45, 2.75) is 13.1 Å². The van der Waals surface area contributed by atoms with Gasteiger partial charge in [0.05, 0.1) is 17.7 Å². The average Bonchev–Trinajstić information content (AvgIpc) is 3.26. The molecule has 1 aromatic heterocycles. The third kappa shape index (κ3) is 5.22. The lowest BCUT2D eigenvalue weighted by atomic mass is 10.1. The Hall–Kier alpha value is -4.14. The summed E-state index contributed by atoms with van der Waals surface area (Å²) >= 11 is 0. The molecular formula is C21H20N4O5. The van der Waals surface area contributed by atoms with Gasteiger partial charge in [0.1, 0.15) is 5.76 Å². The Labute approximate surface area is 172 Å². The number of furan rings is 1. The van der Waals surface area contributed by atoms with Crippen LogP contribution in [0.2, 0.25) is 0 Å². The lowest BCUT2D eigenvalue weighted by Crippen LogP contribution is -2.34. The van der Waals surface area contributed by atoms with Gasteiger partial charge in [-0.1, -0.05) is 12.1 Å². The first-order valence-electron chi connectivity index (χ1n) is 9.10. The molecule has 154 valence electrons. The summed E-state index contributed by atoms with van der Waals surface area (Å²) in [6.45, 7) is 0.497. The molecule has 9 nitrogen and oxygen atoms in total. The minimum Gasteiger partial charge on any atom is -0.467 e. The molecule has 1 heterocycles. The Morgan fingerprint density at radius 1 is 1.03 bits per heavy atom. The maximum Gasteiger partial charge on any atom is 0.322 e. The maximum absolute atomic E-state index is 12.9. The minimum atomic E-state index is -0.503. The SMILES string of the molecule is CNC(=O)c1ccc(CN(Cc2ccco2)C(=O)Nc2ccc([N+](=O)[O-])cc2)cc1. The van der Waals surface area contributed by atoms with Gasteiger partial charge in [-0.3, -0.25) is 14.9 Å². The second-order valence-electron chi connectivity index (χ2n) is 6.45. The monoisotopic (exact) mass is 408 g/mol. The van der Waals surface area contributed by atoms with Crippen LogP contribution in [0.5, 0.6) is 0 Å². The zero-order valence-electron chi connectivity index (χ0n) is 16.2. The molecule has 0 atom stereocenters. The van der Waals surface area contributed by atoms with Crippen molar-refractivity contribution in [2.75, 3.05) is 12.4 Å². The smallest absolute Gasteiger partial charge is 0.322 e. The van der Waals surface area contributed by atoms with Crippen LogP contribution in [-0.4, -0.2) is 28.8 Å². The van der Waals surface area contributed by atoms with E-state index in [4.69, 9.17) is 4.42 Å². The molecule has 0 bridgehead atoms. The van der Waals surface area contributed by atoms with Crippen molar-refractivity contribution in [3.8, 4) is 0 Å². The van der Waals surface area contributed by atoms with Crippen molar-refractivity contribution in [1.82, 2.24) is 10.2 Å². The summed E-state index contributed by atoms with van der Waals surface area (Å²) in [6.07, 6.45) is 1.53. The van der Waals surface area contributed by atoms with Gasteiger partial charge in [-0.2, -0.15) is 0 Å². The van der Waals surface area contributed by atoms with E-state index in [1.807, 2.05) is 0 Å². The number of rotatable bonds is 7. The van der Waals surface area contributed by atoms with Crippen LogP contribution in [0.3, 0.4) is 0 Å². The Bertz CT molecular complexity index is 1010. The number of benzene rings is 2. The lowest BCUT2D eigenvalue weighted by molar-refractivity contribution is -0.384. The molecule has 0 radical (unpaired) electrons. The first-order chi connectivity index (χ1) is 14.5. The van der Waals surface area contributed by atoms with E-state index < -0.39 is 11.0 Å². The van der Waals surface area contributed by atoms with E-state index in [-0.39, 0.29) is 24.7 Å². The maximum atomic E-state index is 12.9. The van der Waals surface area contributed by atoms with Crippen LogP contribution < -0.4 is 10.6 Å². The fraction of sp³-hybridized carbons (Fsp3) is 0.143. The van der Waals surface area contributed by atoms with Gasteiger partial charge in [-0.05, 0) is 42.0 Å². The number of hydrogen-bond acceptors (Lipinski definition) is 5. The first kappa shape index (κ1) is 20.6. The molecule has 0 saturated heterocycles. The molecule has 30 heavy (non-hydrogen) atoms. The third-order valence-corrected chi connectivity index (χ3v) is 4.36. The Morgan fingerprint density at radius 3 is 2.30 bits per heavy atom. The van der Waals surface area contributed by atoms with Crippen LogP contribution in [0.25, 0.3) is 0 Å². The van der Waals surface area contributed by atoms with E-state index in [1.54, 1.807) is 43.4 Å². The molecule has 0 unspecified atom stereocenters. The predicted molar refractivity (Wildman–Crippen MR) is 110 cm³/mol. The zero-order chi connectivity index (χ0) is 21.5. The highest BCUT2D eigenvalue weighted by atomic mass is 16.6. The van der Waals surface area contributed by atoms with E-state index in [0.29, 0.717) is 17.0 Å². The number of nitro groups is 1. The molecule has 0 aliphatic heterocycles. The second kappa shape index (κ2) is 9.37. The fourth-order valence-electron chi connectivity index (χ4n) is 2.79. The van der Waals surface area contributed by atoms with E-state index in [2.05, 4.69) is 10.6 Å². The number of nitro benzene ring substituents is 1. The van der Waals surface area contributed by atoms with Crippen LogP contribution in [-0.2, 0) is 13.1 Å². The molecule has 3 rings (SSSR count). The van der Waals surface area contributed by atoms with Gasteiger partial charge >= 0.3 is 6.03 Å². The molecule has 0 saturated carbocycles. The van der Waals surface area contributed by atoms with Crippen LogP contribution in [0, 0.1) is 10.1 Å². The molecular weight excluding hydrogens is 388 g/mol. The fourth-order valence-corrected chi connectivity index (χ4v) is 2.79. The largest absolute Gasteiger partial charge is 0.467 e. The normalized spacial score (nSPS) is 10.3. The molecule has 9 heteroatoms. The van der Waals surface area contributed by atoms with E-state index in [9.17, 15) is 19.7 Å². The molecule has 3 aromatic rings. The highest BCUT2D eigenvalue weighted by molar-refractivity contribution is 5.94. The number of urea groups is 1. The van der Waals surface area contributed by atoms with Crippen molar-refractivity contribution < 1.29 is 18.9 Å². The summed E-state index contributed by atoms with van der Waals surface area (Å²) in [4.78, 5) is 36.4. The van der Waals surface area contributed by atoms with Crippen molar-refractivity contribution in [1.29, 1.82) is 0 Å². The number of anilines is 1. The summed E-state index contributed by atoms with van der Waals surface area (Å²) in [6, 6.07) is 15.6. The standard InChI is InChI=1S/C21H20N4O5/c1-22-20(26)16-6-4-15(5-7-16)13-24(14-19-3-2-12-30-19)21(27)23-17-8-10-18(11-9-17)25(28)29/h2-12H,13-14H2,1H3,(H,22,26)(H,23,27). The molecule has 2 N–H and O–H groups in total. The second-order valence-corrected chi connectivity index (χ2v) is 6.45. The lowest BCUT2D eigenvalue weighted by Gasteiger charge is -2.22. The van der Waals surface area contributed by atoms with Crippen molar-refractivity contribution in [2.24, 2.45) is 0 Å². The Balaban J connectivity index is 1.75. The van der Waals surface area contributed by atoms with Gasteiger partial charge in [0.15, 0.2) is 0 Å². The van der Waals surface area contributed by atoms with Gasteiger partial charge in [0.25, 0.3) is 11.6 Å². The molecule has 0 aliphatic rings. The molecule has 0 spiro atoms.